The van der Waals surface area contributed by atoms with Crippen LogP contribution in [0.4, 0.5) is 11.4 Å². The molecule has 0 fully saturated rings. The van der Waals surface area contributed by atoms with E-state index >= 15 is 0 Å². The summed E-state index contributed by atoms with van der Waals surface area (Å²) in [7, 11) is 0. The molecule has 0 atom stereocenters. The lowest BCUT2D eigenvalue weighted by Gasteiger charge is -2.13. The maximum absolute atomic E-state index is 13.0. The van der Waals surface area contributed by atoms with E-state index in [0.29, 0.717) is 47.2 Å². The lowest BCUT2D eigenvalue weighted by Crippen LogP contribution is -2.15. The van der Waals surface area contributed by atoms with Crippen LogP contribution < -0.4 is 20.1 Å². The molecule has 0 aromatic heterocycles. The molecular formula is C34H28N2O4. The number of nitrogens with one attached hydrogen (secondary N) is 2. The van der Waals surface area contributed by atoms with Crippen molar-refractivity contribution in [3.63, 3.8) is 0 Å². The molecule has 0 aliphatic heterocycles. The molecule has 6 heteroatoms. The molecule has 198 valence electrons. The lowest BCUT2D eigenvalue weighted by atomic mass is 10.1. The Kier molecular flexibility index (Phi) is 8.49. The summed E-state index contributed by atoms with van der Waals surface area (Å²) in [6, 6.07) is 40.7. The van der Waals surface area contributed by atoms with Gasteiger partial charge in [0.05, 0.1) is 11.4 Å². The third-order valence-corrected chi connectivity index (χ3v) is 6.15. The van der Waals surface area contributed by atoms with Gasteiger partial charge < -0.3 is 20.1 Å². The van der Waals surface area contributed by atoms with Gasteiger partial charge in [-0.05, 0) is 59.7 Å². The second-order valence-corrected chi connectivity index (χ2v) is 9.03. The predicted molar refractivity (Wildman–Crippen MR) is 157 cm³/mol. The number of anilines is 2. The highest BCUT2D eigenvalue weighted by Gasteiger charge is 2.13. The average Bonchev–Trinajstić information content (AvgIpc) is 3.01. The molecule has 0 saturated carbocycles. The number of rotatable bonds is 10. The fourth-order valence-corrected chi connectivity index (χ4v) is 4.02. The summed E-state index contributed by atoms with van der Waals surface area (Å²) in [5.41, 5.74) is 4.03. The zero-order valence-corrected chi connectivity index (χ0v) is 21.7. The summed E-state index contributed by atoms with van der Waals surface area (Å²) in [4.78, 5) is 25.9. The summed E-state index contributed by atoms with van der Waals surface area (Å²) in [5.74, 6) is 0.539. The van der Waals surface area contributed by atoms with Crippen molar-refractivity contribution in [1.82, 2.24) is 0 Å². The third kappa shape index (κ3) is 6.94. The molecule has 0 spiro atoms. The Morgan fingerprint density at radius 1 is 0.450 bits per heavy atom. The van der Waals surface area contributed by atoms with Crippen molar-refractivity contribution in [1.29, 1.82) is 0 Å². The second-order valence-electron chi connectivity index (χ2n) is 9.03. The van der Waals surface area contributed by atoms with Crippen molar-refractivity contribution in [3.8, 4) is 11.5 Å². The maximum atomic E-state index is 13.0. The summed E-state index contributed by atoms with van der Waals surface area (Å²) < 4.78 is 11.9. The van der Waals surface area contributed by atoms with Crippen LogP contribution in [0.1, 0.15) is 31.8 Å². The number of hydrogen-bond donors (Lipinski definition) is 2. The average molecular weight is 529 g/mol. The van der Waals surface area contributed by atoms with E-state index in [2.05, 4.69) is 10.6 Å². The molecule has 0 bridgehead atoms. The van der Waals surface area contributed by atoms with E-state index in [1.165, 1.54) is 0 Å². The molecule has 0 heterocycles. The highest BCUT2D eigenvalue weighted by atomic mass is 16.5. The normalized spacial score (nSPS) is 10.4. The number of carbonyl (C=O) groups is 2. The lowest BCUT2D eigenvalue weighted by molar-refractivity contribution is 0.101. The number of benzene rings is 5. The van der Waals surface area contributed by atoms with E-state index in [-0.39, 0.29) is 11.8 Å². The standard InChI is InChI=1S/C34H28N2O4/c37-33(35-29-15-7-9-17-31(29)39-23-25-11-3-1-4-12-25)27-19-21-28(22-20-27)34(38)36-30-16-8-10-18-32(30)40-24-26-13-5-2-6-14-26/h1-22H,23-24H2,(H,35,37)(H,36,38). The molecule has 0 aliphatic rings. The van der Waals surface area contributed by atoms with Crippen molar-refractivity contribution < 1.29 is 19.1 Å². The molecular weight excluding hydrogens is 500 g/mol. The first-order valence-corrected chi connectivity index (χ1v) is 12.9. The van der Waals surface area contributed by atoms with Crippen LogP contribution in [-0.4, -0.2) is 11.8 Å². The van der Waals surface area contributed by atoms with E-state index < -0.39 is 0 Å². The Morgan fingerprint density at radius 3 is 1.20 bits per heavy atom. The van der Waals surface area contributed by atoms with Gasteiger partial charge in [0.2, 0.25) is 0 Å². The molecule has 0 radical (unpaired) electrons. The van der Waals surface area contributed by atoms with Crippen LogP contribution in [-0.2, 0) is 13.2 Å². The van der Waals surface area contributed by atoms with Crippen molar-refractivity contribution in [2.75, 3.05) is 10.6 Å². The zero-order chi connectivity index (χ0) is 27.6. The molecule has 6 nitrogen and oxygen atoms in total. The summed E-state index contributed by atoms with van der Waals surface area (Å²) in [6.07, 6.45) is 0. The minimum absolute atomic E-state index is 0.303. The van der Waals surface area contributed by atoms with Gasteiger partial charge in [-0.15, -0.1) is 0 Å². The van der Waals surface area contributed by atoms with Crippen molar-refractivity contribution in [3.05, 3.63) is 156 Å². The van der Waals surface area contributed by atoms with Crippen LogP contribution in [0.3, 0.4) is 0 Å². The molecule has 5 rings (SSSR count). The van der Waals surface area contributed by atoms with E-state index in [1.54, 1.807) is 36.4 Å². The Labute approximate surface area is 233 Å². The van der Waals surface area contributed by atoms with Gasteiger partial charge in [-0.3, -0.25) is 9.59 Å². The third-order valence-electron chi connectivity index (χ3n) is 6.15. The van der Waals surface area contributed by atoms with Crippen molar-refractivity contribution in [2.45, 2.75) is 13.2 Å². The van der Waals surface area contributed by atoms with Crippen molar-refractivity contribution in [2.24, 2.45) is 0 Å². The highest BCUT2D eigenvalue weighted by molar-refractivity contribution is 6.07. The van der Waals surface area contributed by atoms with E-state index in [0.717, 1.165) is 11.1 Å². The van der Waals surface area contributed by atoms with Gasteiger partial charge in [0.15, 0.2) is 0 Å². The highest BCUT2D eigenvalue weighted by Crippen LogP contribution is 2.27. The topological polar surface area (TPSA) is 76.7 Å². The van der Waals surface area contributed by atoms with Crippen LogP contribution >= 0.6 is 0 Å². The summed E-state index contributed by atoms with van der Waals surface area (Å²) >= 11 is 0. The largest absolute Gasteiger partial charge is 0.487 e. The minimum Gasteiger partial charge on any atom is -0.487 e. The smallest absolute Gasteiger partial charge is 0.255 e. The Balaban J connectivity index is 1.20. The SMILES string of the molecule is O=C(Nc1ccccc1OCc1ccccc1)c1ccc(C(=O)Nc2ccccc2OCc2ccccc2)cc1. The molecule has 0 unspecified atom stereocenters. The van der Waals surface area contributed by atoms with Gasteiger partial charge in [0.25, 0.3) is 11.8 Å². The fourth-order valence-electron chi connectivity index (χ4n) is 4.02. The Bertz CT molecular complexity index is 1450. The van der Waals surface area contributed by atoms with Crippen molar-refractivity contribution >= 4 is 23.2 Å². The van der Waals surface area contributed by atoms with Gasteiger partial charge in [-0.1, -0.05) is 84.9 Å². The molecule has 0 saturated heterocycles. The quantitative estimate of drug-likeness (QED) is 0.199. The molecule has 2 N–H and O–H groups in total. The number of para-hydroxylation sites is 4. The molecule has 5 aromatic carbocycles. The zero-order valence-electron chi connectivity index (χ0n) is 21.7. The number of amides is 2. The second kappa shape index (κ2) is 12.9. The number of carbonyl (C=O) groups excluding carboxylic acids is 2. The van der Waals surface area contributed by atoms with Gasteiger partial charge in [0.1, 0.15) is 24.7 Å². The molecule has 5 aromatic rings. The van der Waals surface area contributed by atoms with Crippen LogP contribution in [0.5, 0.6) is 11.5 Å². The molecule has 0 aliphatic carbocycles. The number of hydrogen-bond acceptors (Lipinski definition) is 4. The number of ether oxygens (including phenoxy) is 2. The molecule has 2 amide bonds. The maximum Gasteiger partial charge on any atom is 0.255 e. The van der Waals surface area contributed by atoms with Gasteiger partial charge in [-0.25, -0.2) is 0 Å². The fraction of sp³-hybridized carbons (Fsp3) is 0.0588. The van der Waals surface area contributed by atoms with E-state index in [1.807, 2.05) is 97.1 Å². The summed E-state index contributed by atoms with van der Waals surface area (Å²) in [6.45, 7) is 0.774. The minimum atomic E-state index is -0.303. The van der Waals surface area contributed by atoms with Crippen LogP contribution in [0.15, 0.2) is 133 Å². The first-order valence-electron chi connectivity index (χ1n) is 12.9. The predicted octanol–water partition coefficient (Wildman–Crippen LogP) is 7.35. The van der Waals surface area contributed by atoms with Crippen LogP contribution in [0, 0.1) is 0 Å². The van der Waals surface area contributed by atoms with Crippen LogP contribution in [0.2, 0.25) is 0 Å². The Hall–Kier alpha value is -5.36. The van der Waals surface area contributed by atoms with Crippen LogP contribution in [0.25, 0.3) is 0 Å². The van der Waals surface area contributed by atoms with Gasteiger partial charge in [0, 0.05) is 11.1 Å². The van der Waals surface area contributed by atoms with Gasteiger partial charge in [-0.2, -0.15) is 0 Å². The van der Waals surface area contributed by atoms with Gasteiger partial charge >= 0.3 is 0 Å². The summed E-state index contributed by atoms with van der Waals surface area (Å²) in [5, 5.41) is 5.81. The molecule has 40 heavy (non-hydrogen) atoms. The monoisotopic (exact) mass is 528 g/mol. The first kappa shape index (κ1) is 26.3. The van der Waals surface area contributed by atoms with E-state index in [4.69, 9.17) is 9.47 Å². The Morgan fingerprint density at radius 2 is 0.800 bits per heavy atom. The first-order chi connectivity index (χ1) is 19.7. The van der Waals surface area contributed by atoms with E-state index in [9.17, 15) is 9.59 Å².